The van der Waals surface area contributed by atoms with Gasteiger partial charge >= 0.3 is 0 Å². The third-order valence-electron chi connectivity index (χ3n) is 4.34. The first kappa shape index (κ1) is 19.7. The molecule has 0 saturated heterocycles. The van der Waals surface area contributed by atoms with Crippen molar-refractivity contribution < 1.29 is 0 Å². The van der Waals surface area contributed by atoms with E-state index in [0.717, 1.165) is 5.92 Å². The van der Waals surface area contributed by atoms with Crippen LogP contribution in [0.15, 0.2) is 12.2 Å². The van der Waals surface area contributed by atoms with Crippen LogP contribution in [0.1, 0.15) is 111 Å². The van der Waals surface area contributed by atoms with Gasteiger partial charge < -0.3 is 0 Å². The van der Waals surface area contributed by atoms with Crippen LogP contribution in [-0.4, -0.2) is 0 Å². The van der Waals surface area contributed by atoms with Gasteiger partial charge in [0, 0.05) is 0 Å². The van der Waals surface area contributed by atoms with Crippen molar-refractivity contribution in [3.63, 3.8) is 0 Å². The highest BCUT2D eigenvalue weighted by Crippen LogP contribution is 2.17. The second kappa shape index (κ2) is 16.8. The molecule has 0 nitrogen and oxygen atoms in total. The summed E-state index contributed by atoms with van der Waals surface area (Å²) in [5, 5.41) is 0. The summed E-state index contributed by atoms with van der Waals surface area (Å²) in [6.07, 6.45) is 24.6. The van der Waals surface area contributed by atoms with Crippen molar-refractivity contribution in [2.24, 2.45) is 5.92 Å². The van der Waals surface area contributed by atoms with Crippen LogP contribution in [0.5, 0.6) is 0 Å². The van der Waals surface area contributed by atoms with Gasteiger partial charge in [-0.3, -0.25) is 0 Å². The molecule has 1 atom stereocenters. The van der Waals surface area contributed by atoms with Crippen LogP contribution in [0.3, 0.4) is 0 Å². The SMILES string of the molecule is CCCCCCCC/C=C/C(CC)CCCCCCC. The van der Waals surface area contributed by atoms with Crippen molar-refractivity contribution in [3.8, 4) is 0 Å². The van der Waals surface area contributed by atoms with E-state index in [0.29, 0.717) is 0 Å². The van der Waals surface area contributed by atoms with Crippen molar-refractivity contribution in [3.05, 3.63) is 12.2 Å². The Kier molecular flexibility index (Phi) is 16.6. The molecule has 120 valence electrons. The first-order valence-electron chi connectivity index (χ1n) is 9.51. The molecular weight excluding hydrogens is 240 g/mol. The Morgan fingerprint density at radius 3 is 1.80 bits per heavy atom. The molecule has 0 bridgehead atoms. The van der Waals surface area contributed by atoms with E-state index in [2.05, 4.69) is 32.9 Å². The first-order valence-corrected chi connectivity index (χ1v) is 9.51. The molecule has 0 aliphatic carbocycles. The van der Waals surface area contributed by atoms with E-state index in [4.69, 9.17) is 0 Å². The van der Waals surface area contributed by atoms with Gasteiger partial charge in [0.15, 0.2) is 0 Å². The Bertz CT molecular complexity index is 192. The lowest BCUT2D eigenvalue weighted by Crippen LogP contribution is -1.94. The van der Waals surface area contributed by atoms with Crippen LogP contribution in [0.2, 0.25) is 0 Å². The molecule has 0 aromatic rings. The lowest BCUT2D eigenvalue weighted by Gasteiger charge is -2.09. The molecule has 0 aromatic heterocycles. The van der Waals surface area contributed by atoms with Crippen LogP contribution in [0.4, 0.5) is 0 Å². The fraction of sp³-hybridized carbons (Fsp3) is 0.900. The highest BCUT2D eigenvalue weighted by Gasteiger charge is 2.01. The zero-order chi connectivity index (χ0) is 14.9. The monoisotopic (exact) mass is 280 g/mol. The Balaban J connectivity index is 3.44. The van der Waals surface area contributed by atoms with Crippen LogP contribution in [0, 0.1) is 5.92 Å². The summed E-state index contributed by atoms with van der Waals surface area (Å²) in [6.45, 7) is 6.92. The number of hydrogen-bond donors (Lipinski definition) is 0. The van der Waals surface area contributed by atoms with Gasteiger partial charge in [0.05, 0.1) is 0 Å². The van der Waals surface area contributed by atoms with Gasteiger partial charge in [-0.25, -0.2) is 0 Å². The number of unbranched alkanes of at least 4 members (excludes halogenated alkanes) is 10. The molecule has 0 aliphatic heterocycles. The predicted octanol–water partition coefficient (Wildman–Crippen LogP) is 7.68. The van der Waals surface area contributed by atoms with Gasteiger partial charge in [-0.2, -0.15) is 0 Å². The maximum atomic E-state index is 2.51. The molecular formula is C20H40. The smallest absolute Gasteiger partial charge is 0.0236 e. The third kappa shape index (κ3) is 14.2. The Morgan fingerprint density at radius 1 is 0.650 bits per heavy atom. The molecule has 0 heteroatoms. The highest BCUT2D eigenvalue weighted by molar-refractivity contribution is 4.87. The van der Waals surface area contributed by atoms with Crippen molar-refractivity contribution in [2.75, 3.05) is 0 Å². The average Bonchev–Trinajstić information content (AvgIpc) is 2.47. The topological polar surface area (TPSA) is 0 Å². The molecule has 0 fully saturated rings. The van der Waals surface area contributed by atoms with Crippen molar-refractivity contribution in [1.29, 1.82) is 0 Å². The van der Waals surface area contributed by atoms with Gasteiger partial charge in [-0.05, 0) is 31.6 Å². The maximum Gasteiger partial charge on any atom is -0.0236 e. The summed E-state index contributed by atoms with van der Waals surface area (Å²) in [4.78, 5) is 0. The van der Waals surface area contributed by atoms with E-state index in [1.54, 1.807) is 0 Å². The summed E-state index contributed by atoms with van der Waals surface area (Å²) in [5.74, 6) is 0.844. The summed E-state index contributed by atoms with van der Waals surface area (Å²) >= 11 is 0. The second-order valence-electron chi connectivity index (χ2n) is 6.36. The minimum absolute atomic E-state index is 0.844. The molecule has 0 spiro atoms. The molecule has 20 heavy (non-hydrogen) atoms. The molecule has 0 rings (SSSR count). The van der Waals surface area contributed by atoms with E-state index in [1.807, 2.05) is 0 Å². The molecule has 0 N–H and O–H groups in total. The largest absolute Gasteiger partial charge is 0.0883 e. The van der Waals surface area contributed by atoms with Crippen LogP contribution < -0.4 is 0 Å². The molecule has 0 radical (unpaired) electrons. The van der Waals surface area contributed by atoms with E-state index >= 15 is 0 Å². The Hall–Kier alpha value is -0.260. The van der Waals surface area contributed by atoms with Gasteiger partial charge in [-0.15, -0.1) is 0 Å². The minimum Gasteiger partial charge on any atom is -0.0883 e. The summed E-state index contributed by atoms with van der Waals surface area (Å²) in [5.41, 5.74) is 0. The molecule has 0 saturated carbocycles. The third-order valence-corrected chi connectivity index (χ3v) is 4.34. The minimum atomic E-state index is 0.844. The predicted molar refractivity (Wildman–Crippen MR) is 94.3 cm³/mol. The molecule has 0 heterocycles. The summed E-state index contributed by atoms with van der Waals surface area (Å²) in [6, 6.07) is 0. The number of allylic oxidation sites excluding steroid dienone is 2. The Morgan fingerprint density at radius 2 is 1.20 bits per heavy atom. The van der Waals surface area contributed by atoms with Crippen LogP contribution in [0.25, 0.3) is 0 Å². The fourth-order valence-electron chi connectivity index (χ4n) is 2.78. The molecule has 0 aromatic carbocycles. The van der Waals surface area contributed by atoms with E-state index in [1.165, 1.54) is 89.9 Å². The van der Waals surface area contributed by atoms with Gasteiger partial charge in [-0.1, -0.05) is 97.1 Å². The zero-order valence-corrected chi connectivity index (χ0v) is 14.6. The van der Waals surface area contributed by atoms with Crippen molar-refractivity contribution in [2.45, 2.75) is 111 Å². The Labute approximate surface area is 129 Å². The lowest BCUT2D eigenvalue weighted by atomic mass is 9.97. The van der Waals surface area contributed by atoms with E-state index < -0.39 is 0 Å². The van der Waals surface area contributed by atoms with Crippen LogP contribution in [-0.2, 0) is 0 Å². The molecule has 1 unspecified atom stereocenters. The van der Waals surface area contributed by atoms with Gasteiger partial charge in [0.25, 0.3) is 0 Å². The van der Waals surface area contributed by atoms with Crippen molar-refractivity contribution >= 4 is 0 Å². The van der Waals surface area contributed by atoms with Gasteiger partial charge in [0.1, 0.15) is 0 Å². The first-order chi connectivity index (χ1) is 9.85. The number of hydrogen-bond acceptors (Lipinski definition) is 0. The highest BCUT2D eigenvalue weighted by atomic mass is 14.1. The lowest BCUT2D eigenvalue weighted by molar-refractivity contribution is 0.511. The summed E-state index contributed by atoms with van der Waals surface area (Å²) in [7, 11) is 0. The number of rotatable bonds is 15. The second-order valence-corrected chi connectivity index (χ2v) is 6.36. The van der Waals surface area contributed by atoms with Crippen molar-refractivity contribution in [1.82, 2.24) is 0 Å². The average molecular weight is 281 g/mol. The van der Waals surface area contributed by atoms with E-state index in [-0.39, 0.29) is 0 Å². The summed E-state index contributed by atoms with van der Waals surface area (Å²) < 4.78 is 0. The standard InChI is InChI=1S/C20H40/c1-4-7-9-11-12-13-15-17-19-20(6-3)18-16-14-10-8-5-2/h17,19-20H,4-16,18H2,1-3H3/b19-17+. The van der Waals surface area contributed by atoms with Gasteiger partial charge in [0.2, 0.25) is 0 Å². The quantitative estimate of drug-likeness (QED) is 0.213. The van der Waals surface area contributed by atoms with E-state index in [9.17, 15) is 0 Å². The molecule has 0 amide bonds. The normalized spacial score (nSPS) is 13.2. The molecule has 0 aliphatic rings. The fourth-order valence-corrected chi connectivity index (χ4v) is 2.78. The zero-order valence-electron chi connectivity index (χ0n) is 14.6. The van der Waals surface area contributed by atoms with Crippen LogP contribution >= 0.6 is 0 Å². The maximum absolute atomic E-state index is 2.51.